The van der Waals surface area contributed by atoms with E-state index in [0.29, 0.717) is 11.8 Å². The van der Waals surface area contributed by atoms with Crippen LogP contribution in [0.2, 0.25) is 0 Å². The van der Waals surface area contributed by atoms with E-state index in [9.17, 15) is 14.4 Å². The Morgan fingerprint density at radius 3 is 2.54 bits per heavy atom. The van der Waals surface area contributed by atoms with Crippen LogP contribution in [-0.4, -0.2) is 31.7 Å². The summed E-state index contributed by atoms with van der Waals surface area (Å²) in [5.74, 6) is 0.466. The number of rotatable bonds is 4. The van der Waals surface area contributed by atoms with Gasteiger partial charge in [-0.2, -0.15) is 10.2 Å². The minimum absolute atomic E-state index is 0.0139. The fraction of sp³-hybridized carbons (Fsp3) is 0.667. The Bertz CT molecular complexity index is 755. The highest BCUT2D eigenvalue weighted by atomic mass is 32.2. The highest BCUT2D eigenvalue weighted by Gasteiger charge is 2.23. The lowest BCUT2D eigenvalue weighted by molar-refractivity contribution is -0.118. The van der Waals surface area contributed by atoms with Crippen molar-refractivity contribution in [2.45, 2.75) is 38.1 Å². The van der Waals surface area contributed by atoms with Gasteiger partial charge in [0, 0.05) is 19.8 Å². The van der Waals surface area contributed by atoms with Crippen molar-refractivity contribution in [3.8, 4) is 0 Å². The number of aromatic nitrogens is 3. The van der Waals surface area contributed by atoms with Crippen molar-refractivity contribution in [3.63, 3.8) is 0 Å². The molecule has 1 amide bonds. The lowest BCUT2D eigenvalue weighted by atomic mass is 9.81. The molecule has 1 heterocycles. The third-order valence-corrected chi connectivity index (χ3v) is 5.16. The molecule has 24 heavy (non-hydrogen) atoms. The monoisotopic (exact) mass is 353 g/mol. The van der Waals surface area contributed by atoms with Gasteiger partial charge in [-0.05, 0) is 24.7 Å². The summed E-state index contributed by atoms with van der Waals surface area (Å²) in [5, 5.41) is 8.28. The molecule has 1 aliphatic rings. The van der Waals surface area contributed by atoms with Gasteiger partial charge in [-0.3, -0.25) is 14.2 Å². The number of hydrazone groups is 1. The largest absolute Gasteiger partial charge is 0.346 e. The summed E-state index contributed by atoms with van der Waals surface area (Å²) < 4.78 is 2.05. The Hall–Kier alpha value is -1.90. The molecule has 0 spiro atoms. The number of aryl methyl sites for hydroxylation is 1. The van der Waals surface area contributed by atoms with Gasteiger partial charge in [0.05, 0.1) is 5.75 Å². The molecule has 0 saturated heterocycles. The van der Waals surface area contributed by atoms with E-state index in [1.165, 1.54) is 20.5 Å². The molecule has 1 saturated carbocycles. The molecule has 132 valence electrons. The summed E-state index contributed by atoms with van der Waals surface area (Å²) >= 11 is 0.995. The van der Waals surface area contributed by atoms with Crippen LogP contribution in [0.4, 0.5) is 0 Å². The third-order valence-electron chi connectivity index (χ3n) is 4.23. The number of hydrogen-bond acceptors (Lipinski definition) is 6. The number of nitrogens with zero attached hydrogens (tertiary/aromatic N) is 4. The van der Waals surface area contributed by atoms with E-state index in [4.69, 9.17) is 0 Å². The average Bonchev–Trinajstić information content (AvgIpc) is 2.54. The Kier molecular flexibility index (Phi) is 5.98. The van der Waals surface area contributed by atoms with Gasteiger partial charge in [0.25, 0.3) is 5.56 Å². The zero-order valence-electron chi connectivity index (χ0n) is 14.4. The van der Waals surface area contributed by atoms with Crippen LogP contribution in [0.1, 0.15) is 33.1 Å². The molecule has 0 bridgehead atoms. The maximum absolute atomic E-state index is 12.0. The van der Waals surface area contributed by atoms with Crippen LogP contribution in [0.3, 0.4) is 0 Å². The molecule has 1 aliphatic carbocycles. The predicted molar refractivity (Wildman–Crippen MR) is 93.2 cm³/mol. The summed E-state index contributed by atoms with van der Waals surface area (Å²) in [6.07, 6.45) is 3.37. The molecule has 8 nitrogen and oxygen atoms in total. The second kappa shape index (κ2) is 7.78. The van der Waals surface area contributed by atoms with Crippen LogP contribution >= 0.6 is 11.8 Å². The van der Waals surface area contributed by atoms with Gasteiger partial charge >= 0.3 is 5.69 Å². The maximum atomic E-state index is 12.0. The molecule has 0 unspecified atom stereocenters. The predicted octanol–water partition coefficient (Wildman–Crippen LogP) is 0.499. The number of hydrogen-bond donors (Lipinski definition) is 1. The first-order chi connectivity index (χ1) is 11.3. The third kappa shape index (κ3) is 4.14. The second-order valence-electron chi connectivity index (χ2n) is 6.17. The highest BCUT2D eigenvalue weighted by molar-refractivity contribution is 7.99. The zero-order chi connectivity index (χ0) is 17.9. The quantitative estimate of drug-likeness (QED) is 0.628. The first kappa shape index (κ1) is 18.4. The number of nitrogens with one attached hydrogen (secondary N) is 1. The summed E-state index contributed by atoms with van der Waals surface area (Å²) in [5.41, 5.74) is 2.59. The molecule has 0 radical (unpaired) electrons. The first-order valence-electron chi connectivity index (χ1n) is 7.94. The van der Waals surface area contributed by atoms with Crippen molar-refractivity contribution in [1.29, 1.82) is 0 Å². The first-order valence-corrected chi connectivity index (χ1v) is 8.93. The molecule has 2 rings (SSSR count). The zero-order valence-corrected chi connectivity index (χ0v) is 15.2. The molecule has 0 aromatic carbocycles. The van der Waals surface area contributed by atoms with Crippen molar-refractivity contribution < 1.29 is 4.79 Å². The Morgan fingerprint density at radius 1 is 1.29 bits per heavy atom. The molecule has 9 heteroatoms. The average molecular weight is 353 g/mol. The summed E-state index contributed by atoms with van der Waals surface area (Å²) in [7, 11) is 2.85. The van der Waals surface area contributed by atoms with E-state index < -0.39 is 11.2 Å². The van der Waals surface area contributed by atoms with Crippen molar-refractivity contribution in [1.82, 2.24) is 19.8 Å². The fourth-order valence-electron chi connectivity index (χ4n) is 2.78. The van der Waals surface area contributed by atoms with Gasteiger partial charge in [-0.15, -0.1) is 0 Å². The molecule has 1 aromatic heterocycles. The maximum Gasteiger partial charge on any atom is 0.346 e. The van der Waals surface area contributed by atoms with Crippen LogP contribution in [0.15, 0.2) is 19.7 Å². The van der Waals surface area contributed by atoms with E-state index in [1.807, 2.05) is 0 Å². The SMILES string of the molecule is C[C@H]1CCC[C@H](C)C1=NNC(=O)CSc1nn(C)c(=O)n(C)c1=O. The van der Waals surface area contributed by atoms with Gasteiger partial charge in [-0.1, -0.05) is 32.0 Å². The Labute approximate surface area is 144 Å². The van der Waals surface area contributed by atoms with Crippen molar-refractivity contribution in [2.75, 3.05) is 5.75 Å². The van der Waals surface area contributed by atoms with Crippen LogP contribution in [0.25, 0.3) is 0 Å². The van der Waals surface area contributed by atoms with Crippen LogP contribution in [0.5, 0.6) is 0 Å². The van der Waals surface area contributed by atoms with E-state index in [2.05, 4.69) is 29.5 Å². The van der Waals surface area contributed by atoms with Crippen LogP contribution in [-0.2, 0) is 18.9 Å². The summed E-state index contributed by atoms with van der Waals surface area (Å²) in [4.78, 5) is 35.5. The molecule has 1 N–H and O–H groups in total. The van der Waals surface area contributed by atoms with Crippen molar-refractivity contribution in [2.24, 2.45) is 31.0 Å². The standard InChI is InChI=1S/C15H23N5O3S/c1-9-6-5-7-10(2)12(9)17-16-11(21)8-24-13-14(22)19(3)15(23)20(4)18-13/h9-10H,5-8H2,1-4H3,(H,16,21)/t9-,10-/m0/s1. The molecule has 2 atom stereocenters. The normalized spacial score (nSPS) is 20.8. The van der Waals surface area contributed by atoms with Crippen molar-refractivity contribution >= 4 is 23.4 Å². The van der Waals surface area contributed by atoms with Gasteiger partial charge in [0.1, 0.15) is 0 Å². The lowest BCUT2D eigenvalue weighted by Gasteiger charge is -2.26. The topological polar surface area (TPSA) is 98.3 Å². The number of carbonyl (C=O) groups is 1. The Morgan fingerprint density at radius 2 is 1.92 bits per heavy atom. The molecule has 1 aromatic rings. The van der Waals surface area contributed by atoms with Crippen LogP contribution in [0, 0.1) is 11.8 Å². The van der Waals surface area contributed by atoms with Gasteiger partial charge in [0.15, 0.2) is 5.03 Å². The molecular formula is C15H23N5O3S. The van der Waals surface area contributed by atoms with Gasteiger partial charge in [0.2, 0.25) is 5.91 Å². The number of thioether (sulfide) groups is 1. The number of amides is 1. The molecule has 1 fully saturated rings. The Balaban J connectivity index is 1.99. The fourth-order valence-corrected chi connectivity index (χ4v) is 3.56. The molecule has 0 aliphatic heterocycles. The lowest BCUT2D eigenvalue weighted by Crippen LogP contribution is -2.39. The van der Waals surface area contributed by atoms with Gasteiger partial charge < -0.3 is 0 Å². The van der Waals surface area contributed by atoms with E-state index >= 15 is 0 Å². The molecular weight excluding hydrogens is 330 g/mol. The minimum atomic E-state index is -0.503. The smallest absolute Gasteiger partial charge is 0.272 e. The van der Waals surface area contributed by atoms with Crippen LogP contribution < -0.4 is 16.7 Å². The summed E-state index contributed by atoms with van der Waals surface area (Å²) in [6.45, 7) is 4.24. The van der Waals surface area contributed by atoms with Gasteiger partial charge in [-0.25, -0.2) is 14.9 Å². The second-order valence-corrected chi connectivity index (χ2v) is 7.13. The summed E-state index contributed by atoms with van der Waals surface area (Å²) in [6, 6.07) is 0. The number of carbonyl (C=O) groups excluding carboxylic acids is 1. The van der Waals surface area contributed by atoms with E-state index in [0.717, 1.165) is 39.6 Å². The highest BCUT2D eigenvalue weighted by Crippen LogP contribution is 2.25. The van der Waals surface area contributed by atoms with E-state index in [-0.39, 0.29) is 16.7 Å². The minimum Gasteiger partial charge on any atom is -0.272 e. The van der Waals surface area contributed by atoms with Crippen molar-refractivity contribution in [3.05, 3.63) is 20.8 Å². The van der Waals surface area contributed by atoms with E-state index in [1.54, 1.807) is 0 Å².